The van der Waals surface area contributed by atoms with Crippen LogP contribution in [-0.4, -0.2) is 34.0 Å². The molecule has 4 nitrogen and oxygen atoms in total. The van der Waals surface area contributed by atoms with Crippen molar-refractivity contribution in [1.29, 1.82) is 0 Å². The van der Waals surface area contributed by atoms with E-state index < -0.39 is 6.04 Å². The zero-order chi connectivity index (χ0) is 22.3. The molecule has 162 valence electrons. The van der Waals surface area contributed by atoms with E-state index in [1.807, 2.05) is 57.2 Å². The van der Waals surface area contributed by atoms with Gasteiger partial charge < -0.3 is 10.2 Å². The average Bonchev–Trinajstić information content (AvgIpc) is 2.67. The third-order valence-corrected chi connectivity index (χ3v) is 5.83. The molecule has 2 rings (SSSR count). The van der Waals surface area contributed by atoms with E-state index in [1.165, 1.54) is 11.8 Å². The Morgan fingerprint density at radius 1 is 0.967 bits per heavy atom. The number of halogens is 2. The standard InChI is InChI=1S/C23H28Cl2N2O2S/c1-16(22(29)26-23(2,3)4)27(13-17-5-9-19(24)10-6-17)21(28)15-30-14-18-7-11-20(25)12-8-18/h5-12,16H,13-15H2,1-4H3,(H,26,29)/t16-/m0/s1. The van der Waals surface area contributed by atoms with Gasteiger partial charge in [0.2, 0.25) is 11.8 Å². The zero-order valence-electron chi connectivity index (χ0n) is 17.7. The average molecular weight is 467 g/mol. The molecule has 0 bridgehead atoms. The van der Waals surface area contributed by atoms with Crippen molar-refractivity contribution in [2.75, 3.05) is 5.75 Å². The number of carbonyl (C=O) groups is 2. The second-order valence-electron chi connectivity index (χ2n) is 8.18. The fraction of sp³-hybridized carbons (Fsp3) is 0.391. The summed E-state index contributed by atoms with van der Waals surface area (Å²) in [6.45, 7) is 7.87. The Kier molecular flexibility index (Phi) is 9.08. The molecule has 0 heterocycles. The molecule has 1 atom stereocenters. The number of hydrogen-bond acceptors (Lipinski definition) is 3. The maximum Gasteiger partial charge on any atom is 0.242 e. The van der Waals surface area contributed by atoms with Crippen molar-refractivity contribution >= 4 is 46.8 Å². The summed E-state index contributed by atoms with van der Waals surface area (Å²) in [4.78, 5) is 27.4. The lowest BCUT2D eigenvalue weighted by Crippen LogP contribution is -2.52. The van der Waals surface area contributed by atoms with Gasteiger partial charge in [0.25, 0.3) is 0 Å². The van der Waals surface area contributed by atoms with Crippen LogP contribution in [0.3, 0.4) is 0 Å². The summed E-state index contributed by atoms with van der Waals surface area (Å²) >= 11 is 13.4. The lowest BCUT2D eigenvalue weighted by Gasteiger charge is -2.31. The molecule has 0 aliphatic heterocycles. The Morgan fingerprint density at radius 3 is 1.97 bits per heavy atom. The number of rotatable bonds is 8. The third-order valence-electron chi connectivity index (χ3n) is 4.34. The molecule has 2 aromatic carbocycles. The summed E-state index contributed by atoms with van der Waals surface area (Å²) in [7, 11) is 0. The minimum absolute atomic E-state index is 0.0829. The van der Waals surface area contributed by atoms with Gasteiger partial charge in [0, 0.05) is 27.9 Å². The summed E-state index contributed by atoms with van der Waals surface area (Å²) in [6.07, 6.45) is 0. The second kappa shape index (κ2) is 11.1. The van der Waals surface area contributed by atoms with Gasteiger partial charge in [0.15, 0.2) is 0 Å². The molecule has 0 spiro atoms. The Morgan fingerprint density at radius 2 is 1.47 bits per heavy atom. The van der Waals surface area contributed by atoms with Gasteiger partial charge in [0.05, 0.1) is 5.75 Å². The molecule has 30 heavy (non-hydrogen) atoms. The number of amides is 2. The number of nitrogens with one attached hydrogen (secondary N) is 1. The van der Waals surface area contributed by atoms with Crippen LogP contribution >= 0.6 is 35.0 Å². The largest absolute Gasteiger partial charge is 0.350 e. The Bertz CT molecular complexity index is 849. The summed E-state index contributed by atoms with van der Waals surface area (Å²) in [6, 6.07) is 14.3. The quantitative estimate of drug-likeness (QED) is 0.553. The van der Waals surface area contributed by atoms with Crippen molar-refractivity contribution in [3.63, 3.8) is 0 Å². The van der Waals surface area contributed by atoms with Gasteiger partial charge in [-0.15, -0.1) is 11.8 Å². The fourth-order valence-corrected chi connectivity index (χ4v) is 3.89. The van der Waals surface area contributed by atoms with E-state index in [9.17, 15) is 9.59 Å². The van der Waals surface area contributed by atoms with Gasteiger partial charge in [-0.2, -0.15) is 0 Å². The molecule has 0 aliphatic rings. The molecule has 7 heteroatoms. The van der Waals surface area contributed by atoms with E-state index in [0.29, 0.717) is 22.3 Å². The van der Waals surface area contributed by atoms with Crippen molar-refractivity contribution in [3.8, 4) is 0 Å². The van der Waals surface area contributed by atoms with Crippen LogP contribution in [0.1, 0.15) is 38.8 Å². The van der Waals surface area contributed by atoms with E-state index in [1.54, 1.807) is 24.0 Å². The third kappa shape index (κ3) is 8.21. The molecule has 0 aromatic heterocycles. The van der Waals surface area contributed by atoms with E-state index in [0.717, 1.165) is 11.1 Å². The van der Waals surface area contributed by atoms with Crippen LogP contribution in [0.25, 0.3) is 0 Å². The van der Waals surface area contributed by atoms with E-state index >= 15 is 0 Å². The topological polar surface area (TPSA) is 49.4 Å². The SMILES string of the molecule is C[C@@H](C(=O)NC(C)(C)C)N(Cc1ccc(Cl)cc1)C(=O)CSCc1ccc(Cl)cc1. The van der Waals surface area contributed by atoms with Gasteiger partial charge in [-0.1, -0.05) is 47.5 Å². The molecular weight excluding hydrogens is 439 g/mol. The molecule has 0 saturated heterocycles. The van der Waals surface area contributed by atoms with Gasteiger partial charge in [-0.05, 0) is 63.1 Å². The first-order valence-corrected chi connectivity index (χ1v) is 11.6. The molecule has 0 saturated carbocycles. The monoisotopic (exact) mass is 466 g/mol. The van der Waals surface area contributed by atoms with Crippen molar-refractivity contribution in [1.82, 2.24) is 10.2 Å². The Labute approximate surface area is 193 Å². The minimum Gasteiger partial charge on any atom is -0.350 e. The first-order chi connectivity index (χ1) is 14.0. The molecular formula is C23H28Cl2N2O2S. The van der Waals surface area contributed by atoms with Crippen LogP contribution in [0.5, 0.6) is 0 Å². The van der Waals surface area contributed by atoms with E-state index in [4.69, 9.17) is 23.2 Å². The maximum absolute atomic E-state index is 13.0. The van der Waals surface area contributed by atoms with E-state index in [2.05, 4.69) is 5.32 Å². The van der Waals surface area contributed by atoms with Gasteiger partial charge in [-0.3, -0.25) is 9.59 Å². The van der Waals surface area contributed by atoms with Crippen LogP contribution in [0.2, 0.25) is 10.0 Å². The highest BCUT2D eigenvalue weighted by Gasteiger charge is 2.28. The summed E-state index contributed by atoms with van der Waals surface area (Å²) in [5, 5.41) is 4.28. The fourth-order valence-electron chi connectivity index (χ4n) is 2.76. The van der Waals surface area contributed by atoms with Crippen LogP contribution in [-0.2, 0) is 21.9 Å². The number of nitrogens with zero attached hydrogens (tertiary/aromatic N) is 1. The lowest BCUT2D eigenvalue weighted by molar-refractivity contribution is -0.139. The molecule has 0 unspecified atom stereocenters. The highest BCUT2D eigenvalue weighted by molar-refractivity contribution is 7.99. The van der Waals surface area contributed by atoms with Crippen molar-refractivity contribution in [2.24, 2.45) is 0 Å². The number of carbonyl (C=O) groups excluding carboxylic acids is 2. The van der Waals surface area contributed by atoms with Crippen LogP contribution in [0, 0.1) is 0 Å². The molecule has 0 radical (unpaired) electrons. The summed E-state index contributed by atoms with van der Waals surface area (Å²) in [5.41, 5.74) is 1.65. The minimum atomic E-state index is -0.594. The second-order valence-corrected chi connectivity index (χ2v) is 10.0. The van der Waals surface area contributed by atoms with Crippen LogP contribution in [0.15, 0.2) is 48.5 Å². The highest BCUT2D eigenvalue weighted by Crippen LogP contribution is 2.19. The molecule has 1 N–H and O–H groups in total. The zero-order valence-corrected chi connectivity index (χ0v) is 20.1. The molecule has 2 amide bonds. The molecule has 2 aromatic rings. The van der Waals surface area contributed by atoms with E-state index in [-0.39, 0.29) is 23.1 Å². The predicted molar refractivity (Wildman–Crippen MR) is 127 cm³/mol. The predicted octanol–water partition coefficient (Wildman–Crippen LogP) is 5.56. The molecule has 0 fully saturated rings. The van der Waals surface area contributed by atoms with Gasteiger partial charge in [-0.25, -0.2) is 0 Å². The highest BCUT2D eigenvalue weighted by atomic mass is 35.5. The van der Waals surface area contributed by atoms with Crippen molar-refractivity contribution in [3.05, 3.63) is 69.7 Å². The smallest absolute Gasteiger partial charge is 0.242 e. The van der Waals surface area contributed by atoms with Gasteiger partial charge >= 0.3 is 0 Å². The van der Waals surface area contributed by atoms with Crippen molar-refractivity contribution in [2.45, 2.75) is 51.6 Å². The first-order valence-electron chi connectivity index (χ1n) is 9.73. The first kappa shape index (κ1) is 24.6. The summed E-state index contributed by atoms with van der Waals surface area (Å²) < 4.78 is 0. The van der Waals surface area contributed by atoms with Crippen molar-refractivity contribution < 1.29 is 9.59 Å². The van der Waals surface area contributed by atoms with Gasteiger partial charge in [0.1, 0.15) is 6.04 Å². The summed E-state index contributed by atoms with van der Waals surface area (Å²) in [5.74, 6) is 0.719. The lowest BCUT2D eigenvalue weighted by atomic mass is 10.1. The normalized spacial score (nSPS) is 12.3. The molecule has 0 aliphatic carbocycles. The number of thioether (sulfide) groups is 1. The van der Waals surface area contributed by atoms with Crippen LogP contribution < -0.4 is 5.32 Å². The number of hydrogen-bond donors (Lipinski definition) is 1. The van der Waals surface area contributed by atoms with Crippen LogP contribution in [0.4, 0.5) is 0 Å². The Balaban J connectivity index is 2.08. The maximum atomic E-state index is 13.0. The Hall–Kier alpha value is -1.69. The number of benzene rings is 2.